The number of hydrogen-bond donors (Lipinski definition) is 0. The molecule has 0 saturated heterocycles. The second-order valence-corrected chi connectivity index (χ2v) is 14.3. The Morgan fingerprint density at radius 2 is 1.71 bits per heavy atom. The molecule has 0 radical (unpaired) electrons. The van der Waals surface area contributed by atoms with Crippen LogP contribution in [0.4, 0.5) is 0 Å². The van der Waals surface area contributed by atoms with Crippen LogP contribution in [0.2, 0.25) is 16.6 Å². The van der Waals surface area contributed by atoms with E-state index in [-0.39, 0.29) is 5.41 Å². The number of allylic oxidation sites excluding steroid dienone is 4. The second-order valence-electron chi connectivity index (χ2n) is 8.91. The lowest BCUT2D eigenvalue weighted by Crippen LogP contribution is -2.47. The lowest BCUT2D eigenvalue weighted by molar-refractivity contribution is 0.333. The molecule has 1 nitrogen and oxygen atoms in total. The molecule has 0 N–H and O–H groups in total. The van der Waals surface area contributed by atoms with E-state index in [1.807, 2.05) is 6.08 Å². The fourth-order valence-corrected chi connectivity index (χ4v) is 9.99. The average molecular weight is 349 g/mol. The predicted molar refractivity (Wildman–Crippen MR) is 111 cm³/mol. The molecule has 0 bridgehead atoms. The highest BCUT2D eigenvalue weighted by molar-refractivity contribution is 6.77. The Bertz CT molecular complexity index is 462. The molecule has 1 aliphatic rings. The first-order valence-corrected chi connectivity index (χ1v) is 11.9. The van der Waals surface area contributed by atoms with Crippen molar-refractivity contribution in [3.8, 4) is 0 Å². The van der Waals surface area contributed by atoms with E-state index >= 15 is 0 Å². The molecule has 0 saturated carbocycles. The van der Waals surface area contributed by atoms with E-state index < -0.39 is 8.32 Å². The molecule has 0 aromatic rings. The minimum atomic E-state index is -1.86. The maximum atomic E-state index is 6.91. The molecule has 0 fully saturated rings. The molecule has 1 atom stereocenters. The van der Waals surface area contributed by atoms with E-state index in [2.05, 4.69) is 74.1 Å². The normalized spacial score (nSPS) is 22.0. The maximum absolute atomic E-state index is 6.91. The Kier molecular flexibility index (Phi) is 7.59. The van der Waals surface area contributed by atoms with Crippen LogP contribution in [0, 0.1) is 5.41 Å². The summed E-state index contributed by atoms with van der Waals surface area (Å²) in [5.74, 6) is 1.17. The highest BCUT2D eigenvalue weighted by Gasteiger charge is 2.47. The zero-order valence-electron chi connectivity index (χ0n) is 17.4. The van der Waals surface area contributed by atoms with Crippen molar-refractivity contribution in [2.45, 2.75) is 97.7 Å². The van der Waals surface area contributed by atoms with Gasteiger partial charge in [0.05, 0.1) is 0 Å². The van der Waals surface area contributed by atoms with Gasteiger partial charge in [0.1, 0.15) is 5.76 Å². The van der Waals surface area contributed by atoms with Crippen LogP contribution in [0.15, 0.2) is 36.1 Å². The largest absolute Gasteiger partial charge is 0.543 e. The van der Waals surface area contributed by atoms with Crippen LogP contribution >= 0.6 is 0 Å². The molecule has 1 unspecified atom stereocenters. The van der Waals surface area contributed by atoms with Crippen LogP contribution in [-0.4, -0.2) is 8.32 Å². The van der Waals surface area contributed by atoms with E-state index in [1.54, 1.807) is 0 Å². The molecular formula is C22H40OSi. The topological polar surface area (TPSA) is 9.23 Å². The van der Waals surface area contributed by atoms with Crippen LogP contribution in [0.25, 0.3) is 0 Å². The Morgan fingerprint density at radius 3 is 2.12 bits per heavy atom. The van der Waals surface area contributed by atoms with Crippen LogP contribution < -0.4 is 0 Å². The fourth-order valence-electron chi connectivity index (χ4n) is 4.66. The van der Waals surface area contributed by atoms with Crippen molar-refractivity contribution < 1.29 is 4.43 Å². The van der Waals surface area contributed by atoms with E-state index in [4.69, 9.17) is 4.43 Å². The summed E-state index contributed by atoms with van der Waals surface area (Å²) >= 11 is 0. The summed E-state index contributed by atoms with van der Waals surface area (Å²) in [6, 6.07) is 0. The number of hydrogen-bond acceptors (Lipinski definition) is 1. The molecule has 0 heterocycles. The van der Waals surface area contributed by atoms with Crippen molar-refractivity contribution in [2.75, 3.05) is 0 Å². The predicted octanol–water partition coefficient (Wildman–Crippen LogP) is 7.78. The SMILES string of the molecule is C=CCCCC1(C)C=CC(O[Si](C(C)C)(C(C)C)C(C)C)=C(C)C1. The van der Waals surface area contributed by atoms with Crippen LogP contribution in [0.5, 0.6) is 0 Å². The van der Waals surface area contributed by atoms with Gasteiger partial charge in [-0.3, -0.25) is 0 Å². The van der Waals surface area contributed by atoms with Gasteiger partial charge in [-0.25, -0.2) is 0 Å². The standard InChI is InChI=1S/C22H40OSi/c1-10-11-12-14-22(9)15-13-21(20(8)16-22)23-24(17(2)3,18(4)5)19(6)7/h10,13,15,17-19H,1,11-12,14,16H2,2-9H3. The molecular weight excluding hydrogens is 308 g/mol. The van der Waals surface area contributed by atoms with Crippen molar-refractivity contribution in [1.29, 1.82) is 0 Å². The third-order valence-electron chi connectivity index (χ3n) is 5.88. The summed E-state index contributed by atoms with van der Waals surface area (Å²) in [6.45, 7) is 22.6. The minimum Gasteiger partial charge on any atom is -0.543 e. The third-order valence-corrected chi connectivity index (χ3v) is 11.9. The summed E-state index contributed by atoms with van der Waals surface area (Å²) in [4.78, 5) is 0. The van der Waals surface area contributed by atoms with Gasteiger partial charge in [0.2, 0.25) is 0 Å². The van der Waals surface area contributed by atoms with Crippen LogP contribution in [0.1, 0.15) is 81.1 Å². The van der Waals surface area contributed by atoms with Crippen LogP contribution in [-0.2, 0) is 4.43 Å². The van der Waals surface area contributed by atoms with Gasteiger partial charge < -0.3 is 4.43 Å². The molecule has 2 heteroatoms. The van der Waals surface area contributed by atoms with Gasteiger partial charge in [-0.2, -0.15) is 0 Å². The molecule has 0 aromatic heterocycles. The summed E-state index contributed by atoms with van der Waals surface area (Å²) in [5, 5.41) is 0. The molecule has 1 rings (SSSR count). The van der Waals surface area contributed by atoms with Gasteiger partial charge in [-0.15, -0.1) is 6.58 Å². The number of rotatable bonds is 9. The van der Waals surface area contributed by atoms with E-state index in [9.17, 15) is 0 Å². The molecule has 1 aliphatic carbocycles. The van der Waals surface area contributed by atoms with E-state index in [0.717, 1.165) is 12.8 Å². The Balaban J connectivity index is 2.99. The van der Waals surface area contributed by atoms with Gasteiger partial charge in [0.25, 0.3) is 8.32 Å². The second kappa shape index (κ2) is 8.56. The zero-order valence-corrected chi connectivity index (χ0v) is 18.4. The quantitative estimate of drug-likeness (QED) is 0.235. The first-order chi connectivity index (χ1) is 11.1. The van der Waals surface area contributed by atoms with Gasteiger partial charge in [0, 0.05) is 0 Å². The Labute approximate surface area is 152 Å². The van der Waals surface area contributed by atoms with Gasteiger partial charge in [0.15, 0.2) is 0 Å². The first kappa shape index (κ1) is 21.3. The summed E-state index contributed by atoms with van der Waals surface area (Å²) in [6.07, 6.45) is 11.4. The van der Waals surface area contributed by atoms with Gasteiger partial charge in [-0.05, 0) is 66.3 Å². The van der Waals surface area contributed by atoms with Crippen molar-refractivity contribution in [3.63, 3.8) is 0 Å². The lowest BCUT2D eigenvalue weighted by Gasteiger charge is -2.44. The Hall–Kier alpha value is -0.763. The molecule has 0 spiro atoms. The molecule has 0 amide bonds. The van der Waals surface area contributed by atoms with Crippen molar-refractivity contribution in [2.24, 2.45) is 5.41 Å². The molecule has 0 aromatic carbocycles. The average Bonchev–Trinajstić information content (AvgIpc) is 2.45. The molecule has 0 aliphatic heterocycles. The summed E-state index contributed by atoms with van der Waals surface area (Å²) in [5.41, 5.74) is 3.56. The first-order valence-electron chi connectivity index (χ1n) is 9.78. The molecule has 138 valence electrons. The highest BCUT2D eigenvalue weighted by atomic mass is 28.4. The maximum Gasteiger partial charge on any atom is 0.258 e. The van der Waals surface area contributed by atoms with Crippen molar-refractivity contribution in [1.82, 2.24) is 0 Å². The third kappa shape index (κ3) is 4.65. The lowest BCUT2D eigenvalue weighted by atomic mass is 9.76. The minimum absolute atomic E-state index is 0.275. The van der Waals surface area contributed by atoms with Crippen molar-refractivity contribution in [3.05, 3.63) is 36.1 Å². The van der Waals surface area contributed by atoms with Crippen molar-refractivity contribution >= 4 is 8.32 Å². The van der Waals surface area contributed by atoms with E-state index in [0.29, 0.717) is 16.6 Å². The Morgan fingerprint density at radius 1 is 1.17 bits per heavy atom. The van der Waals surface area contributed by atoms with Gasteiger partial charge in [-0.1, -0.05) is 60.6 Å². The molecule has 24 heavy (non-hydrogen) atoms. The van der Waals surface area contributed by atoms with Crippen LogP contribution in [0.3, 0.4) is 0 Å². The summed E-state index contributed by atoms with van der Waals surface area (Å²) in [7, 11) is -1.86. The number of unbranched alkanes of at least 4 members (excludes halogenated alkanes) is 1. The highest BCUT2D eigenvalue weighted by Crippen LogP contribution is 2.46. The fraction of sp³-hybridized carbons (Fsp3) is 0.727. The smallest absolute Gasteiger partial charge is 0.258 e. The zero-order chi connectivity index (χ0) is 18.5. The summed E-state index contributed by atoms with van der Waals surface area (Å²) < 4.78 is 6.91. The van der Waals surface area contributed by atoms with E-state index in [1.165, 1.54) is 24.2 Å². The van der Waals surface area contributed by atoms with Gasteiger partial charge >= 0.3 is 0 Å². The monoisotopic (exact) mass is 348 g/mol.